The third kappa shape index (κ3) is 8.53. The van der Waals surface area contributed by atoms with Crippen molar-refractivity contribution in [3.05, 3.63) is 0 Å². The summed E-state index contributed by atoms with van der Waals surface area (Å²) in [6.45, 7) is 8.90. The van der Waals surface area contributed by atoms with Crippen LogP contribution in [0.3, 0.4) is 0 Å². The number of hydrogen-bond acceptors (Lipinski definition) is 1. The standard InChI is InChI=1S/C22H43NO/c1-4-7-9-16-21(22(24)23-18-12-13-19-23)17-11-10-15-20(6-3)14-8-5-2/h20-21H,4-19H2,1-3H3/t20-,21-/m0/s1. The van der Waals surface area contributed by atoms with E-state index >= 15 is 0 Å². The van der Waals surface area contributed by atoms with E-state index in [2.05, 4.69) is 25.7 Å². The normalized spacial score (nSPS) is 17.2. The first-order chi connectivity index (χ1) is 11.7. The molecule has 1 fully saturated rings. The zero-order valence-corrected chi connectivity index (χ0v) is 16.8. The number of unbranched alkanes of at least 4 members (excludes halogenated alkanes) is 4. The van der Waals surface area contributed by atoms with Crippen LogP contribution < -0.4 is 0 Å². The van der Waals surface area contributed by atoms with E-state index in [1.807, 2.05) is 0 Å². The summed E-state index contributed by atoms with van der Waals surface area (Å²) < 4.78 is 0. The molecule has 1 aliphatic rings. The van der Waals surface area contributed by atoms with Gasteiger partial charge in [-0.25, -0.2) is 0 Å². The molecule has 142 valence electrons. The lowest BCUT2D eigenvalue weighted by atomic mass is 9.90. The Morgan fingerprint density at radius 3 is 1.92 bits per heavy atom. The zero-order valence-electron chi connectivity index (χ0n) is 16.8. The molecule has 1 rings (SSSR count). The van der Waals surface area contributed by atoms with Crippen LogP contribution in [0.2, 0.25) is 0 Å². The van der Waals surface area contributed by atoms with Gasteiger partial charge in [-0.15, -0.1) is 0 Å². The second-order valence-electron chi connectivity index (χ2n) is 7.93. The highest BCUT2D eigenvalue weighted by Gasteiger charge is 2.25. The Labute approximate surface area is 151 Å². The van der Waals surface area contributed by atoms with Crippen molar-refractivity contribution in [2.45, 2.75) is 111 Å². The van der Waals surface area contributed by atoms with Gasteiger partial charge in [-0.05, 0) is 31.6 Å². The van der Waals surface area contributed by atoms with Crippen LogP contribution in [-0.4, -0.2) is 23.9 Å². The first kappa shape index (κ1) is 21.5. The summed E-state index contributed by atoms with van der Waals surface area (Å²) in [6, 6.07) is 0. The summed E-state index contributed by atoms with van der Waals surface area (Å²) in [5.74, 6) is 1.70. The summed E-state index contributed by atoms with van der Waals surface area (Å²) in [5.41, 5.74) is 0. The van der Waals surface area contributed by atoms with Crippen LogP contribution in [0, 0.1) is 11.8 Å². The Morgan fingerprint density at radius 2 is 1.33 bits per heavy atom. The van der Waals surface area contributed by atoms with Crippen LogP contribution in [0.15, 0.2) is 0 Å². The van der Waals surface area contributed by atoms with E-state index in [-0.39, 0.29) is 0 Å². The van der Waals surface area contributed by atoms with Crippen molar-refractivity contribution in [3.8, 4) is 0 Å². The van der Waals surface area contributed by atoms with Crippen LogP contribution in [0.25, 0.3) is 0 Å². The lowest BCUT2D eigenvalue weighted by Gasteiger charge is -2.23. The Bertz CT molecular complexity index is 309. The van der Waals surface area contributed by atoms with E-state index in [1.165, 1.54) is 77.0 Å². The van der Waals surface area contributed by atoms with Gasteiger partial charge < -0.3 is 4.90 Å². The largest absolute Gasteiger partial charge is 0.342 e. The molecule has 0 aromatic heterocycles. The monoisotopic (exact) mass is 337 g/mol. The average molecular weight is 338 g/mol. The zero-order chi connectivity index (χ0) is 17.6. The summed E-state index contributed by atoms with van der Waals surface area (Å²) in [4.78, 5) is 14.9. The summed E-state index contributed by atoms with van der Waals surface area (Å²) >= 11 is 0. The van der Waals surface area contributed by atoms with Crippen molar-refractivity contribution in [2.75, 3.05) is 13.1 Å². The Balaban J connectivity index is 2.33. The number of hydrogen-bond donors (Lipinski definition) is 0. The van der Waals surface area contributed by atoms with Gasteiger partial charge in [0.05, 0.1) is 0 Å². The van der Waals surface area contributed by atoms with Gasteiger partial charge >= 0.3 is 0 Å². The van der Waals surface area contributed by atoms with E-state index in [9.17, 15) is 4.79 Å². The van der Waals surface area contributed by atoms with Crippen LogP contribution >= 0.6 is 0 Å². The molecule has 24 heavy (non-hydrogen) atoms. The molecule has 1 heterocycles. The van der Waals surface area contributed by atoms with Gasteiger partial charge in [0.15, 0.2) is 0 Å². The molecule has 0 aliphatic carbocycles. The molecule has 1 saturated heterocycles. The van der Waals surface area contributed by atoms with Gasteiger partial charge in [-0.3, -0.25) is 4.79 Å². The number of carbonyl (C=O) groups excluding carboxylic acids is 1. The maximum absolute atomic E-state index is 12.8. The van der Waals surface area contributed by atoms with Gasteiger partial charge in [-0.2, -0.15) is 0 Å². The van der Waals surface area contributed by atoms with E-state index in [1.54, 1.807) is 0 Å². The van der Waals surface area contributed by atoms with Gasteiger partial charge in [0, 0.05) is 19.0 Å². The fourth-order valence-corrected chi connectivity index (χ4v) is 4.10. The fraction of sp³-hybridized carbons (Fsp3) is 0.955. The lowest BCUT2D eigenvalue weighted by molar-refractivity contribution is -0.135. The highest BCUT2D eigenvalue weighted by Crippen LogP contribution is 2.25. The Morgan fingerprint density at radius 1 is 0.792 bits per heavy atom. The quantitative estimate of drug-likeness (QED) is 0.328. The van der Waals surface area contributed by atoms with Crippen LogP contribution in [0.5, 0.6) is 0 Å². The van der Waals surface area contributed by atoms with E-state index in [0.717, 1.165) is 31.8 Å². The molecule has 0 aromatic carbocycles. The molecule has 0 spiro atoms. The molecular weight excluding hydrogens is 294 g/mol. The van der Waals surface area contributed by atoms with Crippen molar-refractivity contribution in [3.63, 3.8) is 0 Å². The minimum Gasteiger partial charge on any atom is -0.342 e. The SMILES string of the molecule is CCCCC[C@@H](CCCC[C@@H](CC)CCCC)C(=O)N1CCCC1. The molecule has 2 nitrogen and oxygen atoms in total. The van der Waals surface area contributed by atoms with Crippen LogP contribution in [0.1, 0.15) is 111 Å². The molecule has 0 radical (unpaired) electrons. The van der Waals surface area contributed by atoms with Crippen molar-refractivity contribution in [1.29, 1.82) is 0 Å². The van der Waals surface area contributed by atoms with E-state index in [0.29, 0.717) is 11.8 Å². The van der Waals surface area contributed by atoms with Crippen molar-refractivity contribution in [1.82, 2.24) is 4.90 Å². The maximum Gasteiger partial charge on any atom is 0.225 e. The van der Waals surface area contributed by atoms with E-state index < -0.39 is 0 Å². The Hall–Kier alpha value is -0.530. The van der Waals surface area contributed by atoms with Crippen LogP contribution in [0.4, 0.5) is 0 Å². The van der Waals surface area contributed by atoms with Crippen molar-refractivity contribution >= 4 is 5.91 Å². The third-order valence-corrected chi connectivity index (χ3v) is 5.88. The Kier molecular flexibility index (Phi) is 12.3. The lowest BCUT2D eigenvalue weighted by Crippen LogP contribution is -2.33. The summed E-state index contributed by atoms with van der Waals surface area (Å²) in [7, 11) is 0. The van der Waals surface area contributed by atoms with Crippen molar-refractivity contribution < 1.29 is 4.79 Å². The molecule has 0 bridgehead atoms. The molecule has 2 atom stereocenters. The molecule has 0 unspecified atom stereocenters. The average Bonchev–Trinajstić information content (AvgIpc) is 3.13. The highest BCUT2D eigenvalue weighted by atomic mass is 16.2. The number of carbonyl (C=O) groups is 1. The molecule has 1 amide bonds. The number of nitrogens with zero attached hydrogens (tertiary/aromatic N) is 1. The molecule has 0 aromatic rings. The van der Waals surface area contributed by atoms with Gasteiger partial charge in [0.2, 0.25) is 5.91 Å². The second-order valence-corrected chi connectivity index (χ2v) is 7.93. The van der Waals surface area contributed by atoms with Gasteiger partial charge in [0.25, 0.3) is 0 Å². The number of rotatable bonds is 14. The first-order valence-electron chi connectivity index (χ1n) is 11.0. The van der Waals surface area contributed by atoms with E-state index in [4.69, 9.17) is 0 Å². The van der Waals surface area contributed by atoms with Crippen molar-refractivity contribution in [2.24, 2.45) is 11.8 Å². The first-order valence-corrected chi connectivity index (χ1v) is 11.0. The maximum atomic E-state index is 12.8. The van der Waals surface area contributed by atoms with Gasteiger partial charge in [0.1, 0.15) is 0 Å². The highest BCUT2D eigenvalue weighted by molar-refractivity contribution is 5.79. The smallest absolute Gasteiger partial charge is 0.225 e. The molecule has 2 heteroatoms. The topological polar surface area (TPSA) is 20.3 Å². The summed E-state index contributed by atoms with van der Waals surface area (Å²) in [6.07, 6.45) is 17.8. The third-order valence-electron chi connectivity index (χ3n) is 5.88. The number of likely N-dealkylation sites (tertiary alicyclic amines) is 1. The number of amides is 1. The predicted octanol–water partition coefficient (Wildman–Crippen LogP) is 6.58. The minimum absolute atomic E-state index is 0.311. The molecular formula is C22H43NO. The summed E-state index contributed by atoms with van der Waals surface area (Å²) in [5, 5.41) is 0. The van der Waals surface area contributed by atoms with Crippen LogP contribution in [-0.2, 0) is 4.79 Å². The molecule has 1 aliphatic heterocycles. The second kappa shape index (κ2) is 13.7. The van der Waals surface area contributed by atoms with Gasteiger partial charge in [-0.1, -0.05) is 85.0 Å². The molecule has 0 N–H and O–H groups in total. The predicted molar refractivity (Wildman–Crippen MR) is 105 cm³/mol. The molecule has 0 saturated carbocycles. The minimum atomic E-state index is 0.311. The fourth-order valence-electron chi connectivity index (χ4n) is 4.10.